The SMILES string of the molecule is O=C(Nc1ccccc1F)c1cnc(N2CCN(C(=O)c3ccco3)CC2)cn1. The van der Waals surface area contributed by atoms with Crippen LogP contribution in [0, 0.1) is 5.82 Å². The van der Waals surface area contributed by atoms with Gasteiger partial charge in [-0.05, 0) is 24.3 Å². The Balaban J connectivity index is 1.35. The van der Waals surface area contributed by atoms with E-state index >= 15 is 0 Å². The molecule has 3 heterocycles. The number of benzene rings is 1. The smallest absolute Gasteiger partial charge is 0.289 e. The second-order valence-corrected chi connectivity index (χ2v) is 6.45. The number of hydrogen-bond acceptors (Lipinski definition) is 6. The van der Waals surface area contributed by atoms with E-state index in [2.05, 4.69) is 15.3 Å². The lowest BCUT2D eigenvalue weighted by molar-refractivity contribution is 0.0714. The second kappa shape index (κ2) is 8.09. The molecule has 1 aromatic carbocycles. The van der Waals surface area contributed by atoms with Crippen molar-refractivity contribution in [3.05, 3.63) is 72.3 Å². The number of aromatic nitrogens is 2. The third-order valence-electron chi connectivity index (χ3n) is 4.62. The molecule has 0 spiro atoms. The van der Waals surface area contributed by atoms with E-state index < -0.39 is 11.7 Å². The molecule has 4 rings (SSSR count). The van der Waals surface area contributed by atoms with Gasteiger partial charge in [-0.25, -0.2) is 14.4 Å². The van der Waals surface area contributed by atoms with E-state index in [1.54, 1.807) is 29.2 Å². The normalized spacial score (nSPS) is 14.0. The van der Waals surface area contributed by atoms with E-state index in [1.165, 1.54) is 30.8 Å². The highest BCUT2D eigenvalue weighted by atomic mass is 19.1. The third kappa shape index (κ3) is 4.08. The summed E-state index contributed by atoms with van der Waals surface area (Å²) in [5.41, 5.74) is 0.171. The molecule has 0 aliphatic carbocycles. The summed E-state index contributed by atoms with van der Waals surface area (Å²) >= 11 is 0. The maximum atomic E-state index is 13.7. The van der Waals surface area contributed by atoms with Crippen LogP contribution in [-0.4, -0.2) is 52.9 Å². The first-order chi connectivity index (χ1) is 14.1. The molecule has 0 bridgehead atoms. The Morgan fingerprint density at radius 1 is 1.00 bits per heavy atom. The summed E-state index contributed by atoms with van der Waals surface area (Å²) < 4.78 is 18.8. The quantitative estimate of drug-likeness (QED) is 0.730. The molecule has 1 fully saturated rings. The standard InChI is InChI=1S/C20H18FN5O3/c21-14-4-1-2-5-15(14)24-19(27)16-12-23-18(13-22-16)25-7-9-26(10-8-25)20(28)17-6-3-11-29-17/h1-6,11-13H,7-10H2,(H,24,27). The van der Waals surface area contributed by atoms with Gasteiger partial charge in [0.2, 0.25) is 0 Å². The van der Waals surface area contributed by atoms with Crippen LogP contribution in [0.5, 0.6) is 0 Å². The maximum Gasteiger partial charge on any atom is 0.289 e. The Hall–Kier alpha value is -3.75. The van der Waals surface area contributed by atoms with Gasteiger partial charge in [0.25, 0.3) is 11.8 Å². The largest absolute Gasteiger partial charge is 0.459 e. The lowest BCUT2D eigenvalue weighted by atomic mass is 10.3. The molecule has 9 heteroatoms. The number of amides is 2. The first kappa shape index (κ1) is 18.6. The van der Waals surface area contributed by atoms with Crippen molar-refractivity contribution in [2.45, 2.75) is 0 Å². The van der Waals surface area contributed by atoms with Crippen LogP contribution in [0.25, 0.3) is 0 Å². The van der Waals surface area contributed by atoms with Crippen molar-refractivity contribution in [1.82, 2.24) is 14.9 Å². The first-order valence-corrected chi connectivity index (χ1v) is 9.07. The fraction of sp³-hybridized carbons (Fsp3) is 0.200. The summed E-state index contributed by atoms with van der Waals surface area (Å²) in [6.07, 6.45) is 4.33. The van der Waals surface area contributed by atoms with Crippen LogP contribution in [-0.2, 0) is 0 Å². The molecule has 1 aliphatic heterocycles. The fourth-order valence-corrected chi connectivity index (χ4v) is 3.05. The van der Waals surface area contributed by atoms with Gasteiger partial charge in [-0.3, -0.25) is 9.59 Å². The average Bonchev–Trinajstić information content (AvgIpc) is 3.30. The highest BCUT2D eigenvalue weighted by Crippen LogP contribution is 2.16. The Kier molecular flexibility index (Phi) is 5.19. The predicted octanol–water partition coefficient (Wildman–Crippen LogP) is 2.42. The number of piperazine rings is 1. The van der Waals surface area contributed by atoms with Gasteiger partial charge in [-0.15, -0.1) is 0 Å². The van der Waals surface area contributed by atoms with Crippen LogP contribution >= 0.6 is 0 Å². The van der Waals surface area contributed by atoms with Crippen LogP contribution in [0.4, 0.5) is 15.9 Å². The highest BCUT2D eigenvalue weighted by molar-refractivity contribution is 6.02. The number of nitrogens with one attached hydrogen (secondary N) is 1. The molecule has 0 saturated carbocycles. The zero-order valence-electron chi connectivity index (χ0n) is 15.4. The molecule has 3 aromatic rings. The number of rotatable bonds is 4. The van der Waals surface area contributed by atoms with Crippen molar-refractivity contribution in [3.63, 3.8) is 0 Å². The van der Waals surface area contributed by atoms with Gasteiger partial charge in [-0.2, -0.15) is 0 Å². The number of furan rings is 1. The zero-order chi connectivity index (χ0) is 20.2. The summed E-state index contributed by atoms with van der Waals surface area (Å²) in [4.78, 5) is 36.7. The predicted molar refractivity (Wildman–Crippen MR) is 103 cm³/mol. The molecule has 148 valence electrons. The summed E-state index contributed by atoms with van der Waals surface area (Å²) in [5.74, 6) is -0.266. The molecule has 29 heavy (non-hydrogen) atoms. The van der Waals surface area contributed by atoms with Gasteiger partial charge in [0.1, 0.15) is 17.3 Å². The van der Waals surface area contributed by atoms with Gasteiger partial charge in [0.05, 0.1) is 24.3 Å². The summed E-state index contributed by atoms with van der Waals surface area (Å²) in [7, 11) is 0. The average molecular weight is 395 g/mol. The minimum atomic E-state index is -0.539. The molecule has 2 aromatic heterocycles. The number of carbonyl (C=O) groups is 2. The number of carbonyl (C=O) groups excluding carboxylic acids is 2. The van der Waals surface area contributed by atoms with Crippen molar-refractivity contribution < 1.29 is 18.4 Å². The summed E-state index contributed by atoms with van der Waals surface area (Å²) in [6, 6.07) is 9.23. The van der Waals surface area contributed by atoms with Crippen molar-refractivity contribution in [3.8, 4) is 0 Å². The molecule has 0 atom stereocenters. The van der Waals surface area contributed by atoms with Gasteiger partial charge in [0.15, 0.2) is 5.76 Å². The van der Waals surface area contributed by atoms with Crippen molar-refractivity contribution in [2.75, 3.05) is 36.4 Å². The van der Waals surface area contributed by atoms with Crippen molar-refractivity contribution in [1.29, 1.82) is 0 Å². The lowest BCUT2D eigenvalue weighted by Crippen LogP contribution is -2.49. The van der Waals surface area contributed by atoms with Crippen molar-refractivity contribution >= 4 is 23.3 Å². The van der Waals surface area contributed by atoms with Crippen molar-refractivity contribution in [2.24, 2.45) is 0 Å². The Bertz CT molecular complexity index is 999. The molecular formula is C20H18FN5O3. The van der Waals surface area contributed by atoms with E-state index in [1.807, 2.05) is 4.90 Å². The minimum absolute atomic E-state index is 0.0840. The molecule has 0 unspecified atom stereocenters. The highest BCUT2D eigenvalue weighted by Gasteiger charge is 2.24. The zero-order valence-corrected chi connectivity index (χ0v) is 15.4. The van der Waals surface area contributed by atoms with Crippen LogP contribution < -0.4 is 10.2 Å². The Labute approximate surface area is 166 Å². The Morgan fingerprint density at radius 2 is 1.79 bits per heavy atom. The maximum absolute atomic E-state index is 13.7. The van der Waals surface area contributed by atoms with E-state index in [4.69, 9.17) is 4.42 Å². The number of para-hydroxylation sites is 1. The van der Waals surface area contributed by atoms with E-state index in [9.17, 15) is 14.0 Å². The lowest BCUT2D eigenvalue weighted by Gasteiger charge is -2.34. The van der Waals surface area contributed by atoms with Crippen LogP contribution in [0.15, 0.2) is 59.5 Å². The van der Waals surface area contributed by atoms with E-state index in [0.29, 0.717) is 37.8 Å². The number of anilines is 2. The molecule has 0 radical (unpaired) electrons. The molecule has 1 saturated heterocycles. The molecule has 2 amide bonds. The summed E-state index contributed by atoms with van der Waals surface area (Å²) in [6.45, 7) is 2.22. The second-order valence-electron chi connectivity index (χ2n) is 6.45. The monoisotopic (exact) mass is 395 g/mol. The van der Waals surface area contributed by atoms with Gasteiger partial charge in [0, 0.05) is 26.2 Å². The minimum Gasteiger partial charge on any atom is -0.459 e. The van der Waals surface area contributed by atoms with E-state index in [0.717, 1.165) is 0 Å². The Morgan fingerprint density at radius 3 is 2.45 bits per heavy atom. The van der Waals surface area contributed by atoms with Crippen LogP contribution in [0.2, 0.25) is 0 Å². The number of nitrogens with zero attached hydrogens (tertiary/aromatic N) is 4. The van der Waals surface area contributed by atoms with Gasteiger partial charge >= 0.3 is 0 Å². The first-order valence-electron chi connectivity index (χ1n) is 9.07. The topological polar surface area (TPSA) is 91.6 Å². The fourth-order valence-electron chi connectivity index (χ4n) is 3.05. The summed E-state index contributed by atoms with van der Waals surface area (Å²) in [5, 5.41) is 2.47. The van der Waals surface area contributed by atoms with E-state index in [-0.39, 0.29) is 17.3 Å². The van der Waals surface area contributed by atoms with Gasteiger partial charge < -0.3 is 19.5 Å². The van der Waals surface area contributed by atoms with Gasteiger partial charge in [-0.1, -0.05) is 12.1 Å². The number of hydrogen-bond donors (Lipinski definition) is 1. The van der Waals surface area contributed by atoms with Crippen LogP contribution in [0.3, 0.4) is 0 Å². The molecule has 8 nitrogen and oxygen atoms in total. The van der Waals surface area contributed by atoms with Crippen LogP contribution in [0.1, 0.15) is 21.0 Å². The third-order valence-corrected chi connectivity index (χ3v) is 4.62. The molecular weight excluding hydrogens is 377 g/mol. The molecule has 1 aliphatic rings. The number of halogens is 1. The molecule has 1 N–H and O–H groups in total.